The minimum absolute atomic E-state index is 0.0545. The van der Waals surface area contributed by atoms with Crippen molar-refractivity contribution in [1.29, 1.82) is 0 Å². The highest BCUT2D eigenvalue weighted by Gasteiger charge is 2.30. The zero-order valence-electron chi connectivity index (χ0n) is 15.1. The summed E-state index contributed by atoms with van der Waals surface area (Å²) in [7, 11) is 0. The van der Waals surface area contributed by atoms with Gasteiger partial charge in [-0.15, -0.1) is 0 Å². The van der Waals surface area contributed by atoms with Crippen molar-refractivity contribution >= 4 is 17.6 Å². The molecule has 26 heavy (non-hydrogen) atoms. The minimum Gasteiger partial charge on any atom is -0.357 e. The number of rotatable bonds is 6. The lowest BCUT2D eigenvalue weighted by Crippen LogP contribution is -2.44. The monoisotopic (exact) mass is 351 g/mol. The molecule has 0 aliphatic carbocycles. The molecule has 2 heterocycles. The summed E-state index contributed by atoms with van der Waals surface area (Å²) in [5, 5.41) is 6.65. The lowest BCUT2D eigenvalue weighted by Gasteiger charge is -2.19. The van der Waals surface area contributed by atoms with Gasteiger partial charge >= 0.3 is 0 Å². The third kappa shape index (κ3) is 4.81. The number of nitrogens with one attached hydrogen (secondary N) is 2. The number of carbonyl (C=O) groups is 1. The van der Waals surface area contributed by atoms with Crippen LogP contribution in [0.3, 0.4) is 0 Å². The van der Waals surface area contributed by atoms with Gasteiger partial charge in [-0.3, -0.25) is 14.8 Å². The van der Waals surface area contributed by atoms with Crippen LogP contribution in [0.25, 0.3) is 0 Å². The fourth-order valence-electron chi connectivity index (χ4n) is 3.02. The molecule has 1 atom stereocenters. The first-order valence-corrected chi connectivity index (χ1v) is 9.05. The quantitative estimate of drug-likeness (QED) is 0.617. The number of hydrogen-bond acceptors (Lipinski definition) is 3. The van der Waals surface area contributed by atoms with Gasteiger partial charge in [-0.25, -0.2) is 0 Å². The standard InChI is InChI=1S/C20H25N5O/c1-2-22-20(23-12-10-16-7-6-11-21-14-16)24-17-13-19(26)25(15-17)18-8-4-3-5-9-18/h3-9,11,14,17H,2,10,12-13,15H2,1H3,(H2,22,23,24). The number of pyridine rings is 1. The molecule has 1 aromatic carbocycles. The summed E-state index contributed by atoms with van der Waals surface area (Å²) in [6, 6.07) is 13.8. The Morgan fingerprint density at radius 3 is 2.85 bits per heavy atom. The molecule has 1 aliphatic rings. The Morgan fingerprint density at radius 2 is 2.12 bits per heavy atom. The SMILES string of the molecule is CCNC(=NCCc1cccnc1)NC1CC(=O)N(c2ccccc2)C1. The van der Waals surface area contributed by atoms with Crippen LogP contribution in [-0.2, 0) is 11.2 Å². The molecule has 3 rings (SSSR count). The maximum absolute atomic E-state index is 12.3. The Labute approximate surface area is 154 Å². The maximum Gasteiger partial charge on any atom is 0.229 e. The topological polar surface area (TPSA) is 69.6 Å². The average molecular weight is 351 g/mol. The van der Waals surface area contributed by atoms with Crippen molar-refractivity contribution in [1.82, 2.24) is 15.6 Å². The molecule has 1 aromatic heterocycles. The van der Waals surface area contributed by atoms with Gasteiger partial charge in [0, 0.05) is 44.1 Å². The lowest BCUT2D eigenvalue weighted by molar-refractivity contribution is -0.117. The molecule has 1 amide bonds. The van der Waals surface area contributed by atoms with E-state index in [4.69, 9.17) is 0 Å². The largest absolute Gasteiger partial charge is 0.357 e. The summed E-state index contributed by atoms with van der Waals surface area (Å²) in [5.41, 5.74) is 2.11. The third-order valence-corrected chi connectivity index (χ3v) is 4.27. The Kier molecular flexibility index (Phi) is 6.19. The number of hydrogen-bond donors (Lipinski definition) is 2. The van der Waals surface area contributed by atoms with Gasteiger partial charge in [-0.1, -0.05) is 24.3 Å². The molecule has 0 bridgehead atoms. The number of carbonyl (C=O) groups excluding carboxylic acids is 1. The molecule has 1 fully saturated rings. The third-order valence-electron chi connectivity index (χ3n) is 4.27. The van der Waals surface area contributed by atoms with E-state index in [2.05, 4.69) is 26.7 Å². The number of aromatic nitrogens is 1. The second-order valence-electron chi connectivity index (χ2n) is 6.26. The smallest absolute Gasteiger partial charge is 0.229 e. The number of benzene rings is 1. The van der Waals surface area contributed by atoms with Gasteiger partial charge in [0.15, 0.2) is 5.96 Å². The molecular formula is C20H25N5O. The molecule has 1 unspecified atom stereocenters. The van der Waals surface area contributed by atoms with Crippen LogP contribution in [0.1, 0.15) is 18.9 Å². The van der Waals surface area contributed by atoms with Crippen molar-refractivity contribution in [3.8, 4) is 0 Å². The van der Waals surface area contributed by atoms with E-state index in [1.807, 2.05) is 54.4 Å². The predicted octanol–water partition coefficient (Wildman–Crippen LogP) is 1.98. The van der Waals surface area contributed by atoms with E-state index in [0.717, 1.165) is 24.6 Å². The highest BCUT2D eigenvalue weighted by atomic mass is 16.2. The second kappa shape index (κ2) is 8.99. The van der Waals surface area contributed by atoms with E-state index in [9.17, 15) is 4.79 Å². The summed E-state index contributed by atoms with van der Waals surface area (Å²) in [6.07, 6.45) is 4.95. The van der Waals surface area contributed by atoms with Gasteiger partial charge in [0.1, 0.15) is 0 Å². The number of amides is 1. The van der Waals surface area contributed by atoms with E-state index in [1.165, 1.54) is 5.56 Å². The lowest BCUT2D eigenvalue weighted by atomic mass is 10.2. The number of aliphatic imine (C=N–C) groups is 1. The second-order valence-corrected chi connectivity index (χ2v) is 6.26. The van der Waals surface area contributed by atoms with E-state index >= 15 is 0 Å². The van der Waals surface area contributed by atoms with Crippen LogP contribution in [0, 0.1) is 0 Å². The summed E-state index contributed by atoms with van der Waals surface area (Å²) < 4.78 is 0. The maximum atomic E-state index is 12.3. The minimum atomic E-state index is 0.0545. The summed E-state index contributed by atoms with van der Waals surface area (Å²) in [4.78, 5) is 22.9. The van der Waals surface area contributed by atoms with Crippen molar-refractivity contribution in [2.45, 2.75) is 25.8 Å². The van der Waals surface area contributed by atoms with Gasteiger partial charge in [-0.2, -0.15) is 0 Å². The molecule has 0 spiro atoms. The first-order valence-electron chi connectivity index (χ1n) is 9.05. The van der Waals surface area contributed by atoms with Gasteiger partial charge < -0.3 is 15.5 Å². The van der Waals surface area contributed by atoms with E-state index < -0.39 is 0 Å². The summed E-state index contributed by atoms with van der Waals surface area (Å²) >= 11 is 0. The van der Waals surface area contributed by atoms with Crippen LogP contribution in [0.15, 0.2) is 59.9 Å². The van der Waals surface area contributed by atoms with Crippen molar-refractivity contribution in [2.75, 3.05) is 24.5 Å². The van der Waals surface area contributed by atoms with Crippen molar-refractivity contribution in [3.05, 3.63) is 60.4 Å². The molecule has 2 aromatic rings. The number of nitrogens with zero attached hydrogens (tertiary/aromatic N) is 3. The van der Waals surface area contributed by atoms with Gasteiger partial charge in [-0.05, 0) is 37.1 Å². The molecule has 6 heteroatoms. The first kappa shape index (κ1) is 17.9. The average Bonchev–Trinajstić information content (AvgIpc) is 3.03. The van der Waals surface area contributed by atoms with Crippen LogP contribution in [-0.4, -0.2) is 42.5 Å². The van der Waals surface area contributed by atoms with Crippen molar-refractivity contribution in [2.24, 2.45) is 4.99 Å². The van der Waals surface area contributed by atoms with Crippen LogP contribution >= 0.6 is 0 Å². The Bertz CT molecular complexity index is 732. The van der Waals surface area contributed by atoms with Crippen LogP contribution in [0.5, 0.6) is 0 Å². The van der Waals surface area contributed by atoms with Gasteiger partial charge in [0.25, 0.3) is 0 Å². The number of guanidine groups is 1. The van der Waals surface area contributed by atoms with Gasteiger partial charge in [0.05, 0.1) is 6.04 Å². The van der Waals surface area contributed by atoms with E-state index in [1.54, 1.807) is 6.20 Å². The van der Waals surface area contributed by atoms with Crippen molar-refractivity contribution < 1.29 is 4.79 Å². The van der Waals surface area contributed by atoms with Crippen molar-refractivity contribution in [3.63, 3.8) is 0 Å². The van der Waals surface area contributed by atoms with Gasteiger partial charge in [0.2, 0.25) is 5.91 Å². The van der Waals surface area contributed by atoms with Crippen LogP contribution in [0.4, 0.5) is 5.69 Å². The zero-order chi connectivity index (χ0) is 18.2. The van der Waals surface area contributed by atoms with E-state index in [-0.39, 0.29) is 11.9 Å². The van der Waals surface area contributed by atoms with Crippen LogP contribution < -0.4 is 15.5 Å². The highest BCUT2D eigenvalue weighted by molar-refractivity contribution is 5.97. The molecule has 0 saturated carbocycles. The Hall–Kier alpha value is -2.89. The van der Waals surface area contributed by atoms with Crippen LogP contribution in [0.2, 0.25) is 0 Å². The molecule has 0 radical (unpaired) electrons. The van der Waals surface area contributed by atoms with E-state index in [0.29, 0.717) is 19.5 Å². The molecule has 1 aliphatic heterocycles. The summed E-state index contributed by atoms with van der Waals surface area (Å²) in [5.74, 6) is 0.893. The Morgan fingerprint density at radius 1 is 1.27 bits per heavy atom. The first-order chi connectivity index (χ1) is 12.8. The fraction of sp³-hybridized carbons (Fsp3) is 0.350. The molecule has 6 nitrogen and oxygen atoms in total. The molecule has 1 saturated heterocycles. The normalized spacial score (nSPS) is 17.4. The zero-order valence-corrected chi connectivity index (χ0v) is 15.1. The fourth-order valence-corrected chi connectivity index (χ4v) is 3.02. The number of anilines is 1. The number of para-hydroxylation sites is 1. The molecule has 136 valence electrons. The molecular weight excluding hydrogens is 326 g/mol. The predicted molar refractivity (Wildman–Crippen MR) is 104 cm³/mol. The summed E-state index contributed by atoms with van der Waals surface area (Å²) in [6.45, 7) is 4.14. The Balaban J connectivity index is 1.57. The molecule has 2 N–H and O–H groups in total. The highest BCUT2D eigenvalue weighted by Crippen LogP contribution is 2.20.